The van der Waals surface area contributed by atoms with Gasteiger partial charge >= 0.3 is 0 Å². The van der Waals surface area contributed by atoms with Gasteiger partial charge in [0.2, 0.25) is 5.91 Å². The first-order valence-electron chi connectivity index (χ1n) is 6.30. The molecule has 2 aromatic rings. The van der Waals surface area contributed by atoms with Crippen LogP contribution in [0, 0.1) is 0 Å². The van der Waals surface area contributed by atoms with Gasteiger partial charge in [0.15, 0.2) is 0 Å². The number of hydrogen-bond donors (Lipinski definition) is 1. The summed E-state index contributed by atoms with van der Waals surface area (Å²) in [5, 5.41) is 3.72. The Morgan fingerprint density at radius 1 is 1.25 bits per heavy atom. The molecule has 20 heavy (non-hydrogen) atoms. The number of carbonyl (C=O) groups is 1. The van der Waals surface area contributed by atoms with Crippen LogP contribution in [-0.4, -0.2) is 16.6 Å². The minimum atomic E-state index is -0.0241. The highest BCUT2D eigenvalue weighted by atomic mass is 79.9. The SMILES string of the molecule is CCc1ccc(NC(=O)CSc2ccc(Br)cn2)cc1. The van der Waals surface area contributed by atoms with E-state index in [2.05, 4.69) is 33.2 Å². The van der Waals surface area contributed by atoms with E-state index in [1.807, 2.05) is 36.4 Å². The van der Waals surface area contributed by atoms with E-state index >= 15 is 0 Å². The molecule has 1 aromatic heterocycles. The van der Waals surface area contributed by atoms with Gasteiger partial charge in [-0.05, 0) is 52.2 Å². The topological polar surface area (TPSA) is 42.0 Å². The molecule has 0 fully saturated rings. The zero-order valence-electron chi connectivity index (χ0n) is 11.1. The van der Waals surface area contributed by atoms with E-state index in [-0.39, 0.29) is 5.91 Å². The minimum absolute atomic E-state index is 0.0241. The second-order valence-electron chi connectivity index (χ2n) is 4.20. The highest BCUT2D eigenvalue weighted by molar-refractivity contribution is 9.10. The predicted molar refractivity (Wildman–Crippen MR) is 87.1 cm³/mol. The summed E-state index contributed by atoms with van der Waals surface area (Å²) in [5.74, 6) is 0.327. The normalized spacial score (nSPS) is 10.3. The van der Waals surface area contributed by atoms with Crippen LogP contribution in [0.3, 0.4) is 0 Å². The van der Waals surface area contributed by atoms with E-state index in [0.29, 0.717) is 5.75 Å². The van der Waals surface area contributed by atoms with Crippen LogP contribution in [0.4, 0.5) is 5.69 Å². The molecule has 104 valence electrons. The Labute approximate surface area is 131 Å². The van der Waals surface area contributed by atoms with E-state index in [4.69, 9.17) is 0 Å². The third kappa shape index (κ3) is 4.65. The van der Waals surface area contributed by atoms with Crippen molar-refractivity contribution in [2.24, 2.45) is 0 Å². The van der Waals surface area contributed by atoms with Crippen LogP contribution in [0.2, 0.25) is 0 Å². The fourth-order valence-electron chi connectivity index (χ4n) is 1.61. The van der Waals surface area contributed by atoms with Crippen molar-refractivity contribution in [1.82, 2.24) is 4.98 Å². The van der Waals surface area contributed by atoms with Gasteiger partial charge in [0.25, 0.3) is 0 Å². The molecule has 0 spiro atoms. The second-order valence-corrected chi connectivity index (χ2v) is 6.11. The van der Waals surface area contributed by atoms with E-state index in [0.717, 1.165) is 21.6 Å². The Kier molecular flexibility index (Phi) is 5.61. The number of halogens is 1. The molecular weight excluding hydrogens is 336 g/mol. The molecule has 5 heteroatoms. The van der Waals surface area contributed by atoms with Crippen LogP contribution >= 0.6 is 27.7 Å². The number of thioether (sulfide) groups is 1. The third-order valence-electron chi connectivity index (χ3n) is 2.70. The quantitative estimate of drug-likeness (QED) is 0.824. The lowest BCUT2D eigenvalue weighted by Gasteiger charge is -2.05. The van der Waals surface area contributed by atoms with Crippen LogP contribution < -0.4 is 5.32 Å². The summed E-state index contributed by atoms with van der Waals surface area (Å²) in [6, 6.07) is 11.7. The fraction of sp³-hybridized carbons (Fsp3) is 0.200. The largest absolute Gasteiger partial charge is 0.325 e. The first-order valence-corrected chi connectivity index (χ1v) is 8.08. The molecular formula is C15H15BrN2OS. The van der Waals surface area contributed by atoms with Crippen LogP contribution in [0.15, 0.2) is 52.1 Å². The summed E-state index contributed by atoms with van der Waals surface area (Å²) < 4.78 is 0.933. The maximum atomic E-state index is 11.8. The van der Waals surface area contributed by atoms with Crippen LogP contribution in [0.5, 0.6) is 0 Å². The summed E-state index contributed by atoms with van der Waals surface area (Å²) >= 11 is 4.75. The summed E-state index contributed by atoms with van der Waals surface area (Å²) in [6.45, 7) is 2.11. The second kappa shape index (κ2) is 7.45. The Balaban J connectivity index is 1.84. The number of benzene rings is 1. The van der Waals surface area contributed by atoms with Gasteiger partial charge in [0.05, 0.1) is 10.8 Å². The molecule has 0 radical (unpaired) electrons. The Hall–Kier alpha value is -1.33. The highest BCUT2D eigenvalue weighted by Crippen LogP contribution is 2.18. The molecule has 0 aliphatic rings. The average Bonchev–Trinajstić information content (AvgIpc) is 2.47. The zero-order chi connectivity index (χ0) is 14.4. The maximum absolute atomic E-state index is 11.8. The van der Waals surface area contributed by atoms with Crippen molar-refractivity contribution in [2.75, 3.05) is 11.1 Å². The smallest absolute Gasteiger partial charge is 0.234 e. The number of aryl methyl sites for hydroxylation is 1. The highest BCUT2D eigenvalue weighted by Gasteiger charge is 2.04. The summed E-state index contributed by atoms with van der Waals surface area (Å²) in [6.07, 6.45) is 2.73. The van der Waals surface area contributed by atoms with Crippen molar-refractivity contribution in [1.29, 1.82) is 0 Å². The molecule has 0 aliphatic carbocycles. The maximum Gasteiger partial charge on any atom is 0.234 e. The zero-order valence-corrected chi connectivity index (χ0v) is 13.5. The summed E-state index contributed by atoms with van der Waals surface area (Å²) in [5.41, 5.74) is 2.09. The van der Waals surface area contributed by atoms with E-state index in [1.54, 1.807) is 6.20 Å². The number of nitrogens with zero attached hydrogens (tertiary/aromatic N) is 1. The van der Waals surface area contributed by atoms with Crippen molar-refractivity contribution in [3.8, 4) is 0 Å². The van der Waals surface area contributed by atoms with Gasteiger partial charge in [0, 0.05) is 16.4 Å². The van der Waals surface area contributed by atoms with Crippen LogP contribution in [-0.2, 0) is 11.2 Å². The lowest BCUT2D eigenvalue weighted by atomic mass is 10.1. The molecule has 0 aliphatic heterocycles. The van der Waals surface area contributed by atoms with E-state index in [9.17, 15) is 4.79 Å². The first-order chi connectivity index (χ1) is 9.67. The van der Waals surface area contributed by atoms with Crippen LogP contribution in [0.1, 0.15) is 12.5 Å². The number of anilines is 1. The van der Waals surface area contributed by atoms with Gasteiger partial charge in [-0.3, -0.25) is 4.79 Å². The summed E-state index contributed by atoms with van der Waals surface area (Å²) in [4.78, 5) is 16.1. The number of rotatable bonds is 5. The Bertz CT molecular complexity index is 569. The molecule has 1 aromatic carbocycles. The molecule has 0 bridgehead atoms. The lowest BCUT2D eigenvalue weighted by molar-refractivity contribution is -0.113. The van der Waals surface area contributed by atoms with E-state index < -0.39 is 0 Å². The van der Waals surface area contributed by atoms with Crippen molar-refractivity contribution in [2.45, 2.75) is 18.4 Å². The Morgan fingerprint density at radius 3 is 2.60 bits per heavy atom. The fourth-order valence-corrected chi connectivity index (χ4v) is 2.49. The standard InChI is InChI=1S/C15H15BrN2OS/c1-2-11-3-6-13(7-4-11)18-14(19)10-20-15-8-5-12(16)9-17-15/h3-9H,2,10H2,1H3,(H,18,19). The van der Waals surface area contributed by atoms with Crippen molar-refractivity contribution in [3.05, 3.63) is 52.6 Å². The molecule has 0 atom stereocenters. The number of carbonyl (C=O) groups excluding carboxylic acids is 1. The Morgan fingerprint density at radius 2 is 2.00 bits per heavy atom. The third-order valence-corrected chi connectivity index (χ3v) is 4.11. The van der Waals surface area contributed by atoms with Crippen molar-refractivity contribution >= 4 is 39.3 Å². The molecule has 1 N–H and O–H groups in total. The monoisotopic (exact) mass is 350 g/mol. The molecule has 0 saturated carbocycles. The van der Waals surface area contributed by atoms with Gasteiger partial charge in [-0.2, -0.15) is 0 Å². The number of aromatic nitrogens is 1. The van der Waals surface area contributed by atoms with Crippen molar-refractivity contribution in [3.63, 3.8) is 0 Å². The molecule has 0 unspecified atom stereocenters. The number of pyridine rings is 1. The number of nitrogens with one attached hydrogen (secondary N) is 1. The van der Waals surface area contributed by atoms with Gasteiger partial charge in [-0.15, -0.1) is 0 Å². The van der Waals surface area contributed by atoms with Crippen molar-refractivity contribution < 1.29 is 4.79 Å². The number of hydrogen-bond acceptors (Lipinski definition) is 3. The number of amides is 1. The van der Waals surface area contributed by atoms with E-state index in [1.165, 1.54) is 17.3 Å². The van der Waals surface area contributed by atoms with Gasteiger partial charge in [0.1, 0.15) is 0 Å². The lowest BCUT2D eigenvalue weighted by Crippen LogP contribution is -2.14. The minimum Gasteiger partial charge on any atom is -0.325 e. The molecule has 1 heterocycles. The first kappa shape index (κ1) is 15.1. The van der Waals surface area contributed by atoms with Gasteiger partial charge in [-0.1, -0.05) is 30.8 Å². The summed E-state index contributed by atoms with van der Waals surface area (Å²) in [7, 11) is 0. The van der Waals surface area contributed by atoms with Crippen LogP contribution in [0.25, 0.3) is 0 Å². The molecule has 0 saturated heterocycles. The molecule has 3 nitrogen and oxygen atoms in total. The van der Waals surface area contributed by atoms with Gasteiger partial charge < -0.3 is 5.32 Å². The average molecular weight is 351 g/mol. The van der Waals surface area contributed by atoms with Gasteiger partial charge in [-0.25, -0.2) is 4.98 Å². The molecule has 2 rings (SSSR count). The predicted octanol–water partition coefficient (Wildman–Crippen LogP) is 4.14. The molecule has 1 amide bonds.